The normalized spacial score (nSPS) is 21.4. The summed E-state index contributed by atoms with van der Waals surface area (Å²) in [7, 11) is 0. The third kappa shape index (κ3) is 3.86. The van der Waals surface area contributed by atoms with Crippen molar-refractivity contribution in [2.24, 2.45) is 11.8 Å². The van der Waals surface area contributed by atoms with Crippen LogP contribution in [0.2, 0.25) is 0 Å². The molecule has 2 atom stereocenters. The van der Waals surface area contributed by atoms with Gasteiger partial charge in [0.1, 0.15) is 0 Å². The zero-order chi connectivity index (χ0) is 22.1. The highest BCUT2D eigenvalue weighted by atomic mass is 32.1. The molecule has 5 rings (SSSR count). The maximum Gasteiger partial charge on any atom is 0.294 e. The minimum atomic E-state index is -0.538. The van der Waals surface area contributed by atoms with E-state index in [4.69, 9.17) is 9.26 Å². The lowest BCUT2D eigenvalue weighted by atomic mass is 9.63. The van der Waals surface area contributed by atoms with Gasteiger partial charge in [-0.3, -0.25) is 0 Å². The van der Waals surface area contributed by atoms with Gasteiger partial charge in [-0.15, -0.1) is 10.2 Å². The first kappa shape index (κ1) is 21.0. The molecule has 1 aliphatic heterocycles. The number of piperidine rings is 1. The average Bonchev–Trinajstić information content (AvgIpc) is 3.51. The second kappa shape index (κ2) is 8.55. The van der Waals surface area contributed by atoms with Crippen molar-refractivity contribution in [1.82, 2.24) is 35.3 Å². The van der Waals surface area contributed by atoms with Gasteiger partial charge in [-0.25, -0.2) is 14.5 Å². The molecule has 1 aliphatic rings. The van der Waals surface area contributed by atoms with Crippen molar-refractivity contribution >= 4 is 16.3 Å². The van der Waals surface area contributed by atoms with Crippen LogP contribution in [0.5, 0.6) is 5.19 Å². The number of hydrogen-bond donors (Lipinski definition) is 1. The van der Waals surface area contributed by atoms with Gasteiger partial charge in [0.2, 0.25) is 10.9 Å². The lowest BCUT2D eigenvalue weighted by Gasteiger charge is -2.44. The third-order valence-corrected chi connectivity index (χ3v) is 7.13. The zero-order valence-corrected chi connectivity index (χ0v) is 18.7. The Bertz CT molecular complexity index is 1160. The minimum Gasteiger partial charge on any atom is -0.469 e. The van der Waals surface area contributed by atoms with Crippen molar-refractivity contribution in [3.8, 4) is 16.5 Å². The Morgan fingerprint density at radius 2 is 2.34 bits per heavy atom. The number of rotatable bonds is 7. The number of ether oxygens (including phenoxy) is 1. The fourth-order valence-corrected chi connectivity index (χ4v) is 5.47. The molecule has 0 saturated carbocycles. The van der Waals surface area contributed by atoms with Crippen molar-refractivity contribution in [2.45, 2.75) is 32.1 Å². The Labute approximate surface area is 188 Å². The van der Waals surface area contributed by atoms with Gasteiger partial charge in [0.05, 0.1) is 24.7 Å². The summed E-state index contributed by atoms with van der Waals surface area (Å²) < 4.78 is 26.7. The molecule has 0 aliphatic carbocycles. The molecule has 11 heteroatoms. The maximum atomic E-state index is 13.4. The molecular formula is C21H24FN7O2S. The summed E-state index contributed by atoms with van der Waals surface area (Å²) in [5.74, 6) is 1.13. The van der Waals surface area contributed by atoms with Gasteiger partial charge in [0.15, 0.2) is 5.76 Å². The predicted molar refractivity (Wildman–Crippen MR) is 116 cm³/mol. The monoisotopic (exact) mass is 457 g/mol. The molecule has 32 heavy (non-hydrogen) atoms. The lowest BCUT2D eigenvalue weighted by molar-refractivity contribution is 0.0900. The van der Waals surface area contributed by atoms with Gasteiger partial charge < -0.3 is 14.6 Å². The molecule has 0 bridgehead atoms. The molecule has 0 aromatic carbocycles. The molecule has 168 valence electrons. The number of fused-ring (bicyclic) bond motifs is 1. The van der Waals surface area contributed by atoms with Crippen LogP contribution >= 0.6 is 11.3 Å². The van der Waals surface area contributed by atoms with Crippen LogP contribution < -0.4 is 10.1 Å². The average molecular weight is 458 g/mol. The molecular weight excluding hydrogens is 433 g/mol. The molecule has 1 unspecified atom stereocenters. The molecule has 4 aromatic rings. The molecule has 0 radical (unpaired) electrons. The number of imidazole rings is 1. The minimum absolute atomic E-state index is 0.182. The van der Waals surface area contributed by atoms with E-state index in [1.807, 2.05) is 0 Å². The van der Waals surface area contributed by atoms with E-state index < -0.39 is 5.95 Å². The predicted octanol–water partition coefficient (Wildman–Crippen LogP) is 3.35. The number of hydrogen-bond acceptors (Lipinski definition) is 9. The molecule has 9 nitrogen and oxygen atoms in total. The SMILES string of the molecule is CC(C)C1CNCC[C@@]1(CCOc1nn2cc(-c3ccnc(F)c3)nc2s1)c1cnno1. The molecule has 5 heterocycles. The lowest BCUT2D eigenvalue weighted by Crippen LogP contribution is -2.50. The number of nitrogens with zero attached hydrogens (tertiary/aromatic N) is 6. The van der Waals surface area contributed by atoms with Crippen LogP contribution in [0.25, 0.3) is 16.2 Å². The molecule has 0 amide bonds. The van der Waals surface area contributed by atoms with Gasteiger partial charge in [0.25, 0.3) is 5.19 Å². The van der Waals surface area contributed by atoms with E-state index in [2.05, 4.69) is 44.6 Å². The van der Waals surface area contributed by atoms with Crippen LogP contribution in [0.15, 0.2) is 35.2 Å². The number of aromatic nitrogens is 6. The topological polar surface area (TPSA) is 103 Å². The van der Waals surface area contributed by atoms with E-state index in [9.17, 15) is 4.39 Å². The van der Waals surface area contributed by atoms with E-state index in [0.29, 0.717) is 39.9 Å². The van der Waals surface area contributed by atoms with Crippen LogP contribution in [0, 0.1) is 17.8 Å². The fourth-order valence-electron chi connectivity index (χ4n) is 4.71. The fraction of sp³-hybridized carbons (Fsp3) is 0.476. The number of nitrogens with one attached hydrogen (secondary N) is 1. The van der Waals surface area contributed by atoms with Crippen molar-refractivity contribution < 1.29 is 13.7 Å². The van der Waals surface area contributed by atoms with Crippen LogP contribution in [0.4, 0.5) is 4.39 Å². The van der Waals surface area contributed by atoms with Gasteiger partial charge in [-0.1, -0.05) is 13.8 Å². The highest BCUT2D eigenvalue weighted by Gasteiger charge is 2.46. The van der Waals surface area contributed by atoms with Gasteiger partial charge in [-0.2, -0.15) is 4.39 Å². The van der Waals surface area contributed by atoms with Crippen LogP contribution in [0.3, 0.4) is 0 Å². The van der Waals surface area contributed by atoms with Crippen LogP contribution in [0.1, 0.15) is 32.4 Å². The molecule has 0 spiro atoms. The molecule has 4 aromatic heterocycles. The van der Waals surface area contributed by atoms with E-state index in [0.717, 1.165) is 31.7 Å². The van der Waals surface area contributed by atoms with Crippen LogP contribution in [-0.2, 0) is 5.41 Å². The standard InChI is InChI=1S/C21H24FN7O2S/c1-13(2)15-10-23-7-4-21(15,17-11-25-28-31-17)5-8-30-20-27-29-12-16(26-19(29)32-20)14-3-6-24-18(22)9-14/h3,6,9,11-13,15,23H,4-5,7-8,10H2,1-2H3/t15?,21-/m0/s1. The smallest absolute Gasteiger partial charge is 0.294 e. The first-order valence-corrected chi connectivity index (χ1v) is 11.5. The summed E-state index contributed by atoms with van der Waals surface area (Å²) in [5, 5.41) is 16.2. The number of halogens is 1. The van der Waals surface area contributed by atoms with E-state index in [1.54, 1.807) is 23.0 Å². The van der Waals surface area contributed by atoms with Crippen molar-refractivity contribution in [1.29, 1.82) is 0 Å². The van der Waals surface area contributed by atoms with Crippen molar-refractivity contribution in [3.05, 3.63) is 42.4 Å². The first-order chi connectivity index (χ1) is 15.5. The highest BCUT2D eigenvalue weighted by molar-refractivity contribution is 7.18. The largest absolute Gasteiger partial charge is 0.469 e. The second-order valence-corrected chi connectivity index (χ2v) is 9.35. The van der Waals surface area contributed by atoms with E-state index >= 15 is 0 Å². The Morgan fingerprint density at radius 3 is 3.09 bits per heavy atom. The van der Waals surface area contributed by atoms with E-state index in [-0.39, 0.29) is 5.41 Å². The highest BCUT2D eigenvalue weighted by Crippen LogP contribution is 2.44. The summed E-state index contributed by atoms with van der Waals surface area (Å²) in [4.78, 5) is 8.80. The maximum absolute atomic E-state index is 13.4. The van der Waals surface area contributed by atoms with Gasteiger partial charge >= 0.3 is 0 Å². The first-order valence-electron chi connectivity index (χ1n) is 10.6. The van der Waals surface area contributed by atoms with Crippen molar-refractivity contribution in [2.75, 3.05) is 19.7 Å². The Kier molecular flexibility index (Phi) is 5.60. The second-order valence-electron chi connectivity index (χ2n) is 8.43. The van der Waals surface area contributed by atoms with Gasteiger partial charge in [-0.05, 0) is 55.2 Å². The number of pyridine rings is 1. The molecule has 1 saturated heterocycles. The van der Waals surface area contributed by atoms with Crippen molar-refractivity contribution in [3.63, 3.8) is 0 Å². The Hall–Kier alpha value is -2.92. The summed E-state index contributed by atoms with van der Waals surface area (Å²) >= 11 is 1.36. The Balaban J connectivity index is 1.31. The molecule has 1 fully saturated rings. The third-order valence-electron chi connectivity index (χ3n) is 6.30. The molecule has 1 N–H and O–H groups in total. The summed E-state index contributed by atoms with van der Waals surface area (Å²) in [6, 6.07) is 3.07. The Morgan fingerprint density at radius 1 is 1.44 bits per heavy atom. The summed E-state index contributed by atoms with van der Waals surface area (Å²) in [6.45, 7) is 6.79. The quantitative estimate of drug-likeness (QED) is 0.422. The summed E-state index contributed by atoms with van der Waals surface area (Å²) in [5.41, 5.74) is 1.12. The summed E-state index contributed by atoms with van der Waals surface area (Å²) in [6.07, 6.45) is 6.63. The van der Waals surface area contributed by atoms with Crippen LogP contribution in [-0.4, -0.2) is 49.6 Å². The van der Waals surface area contributed by atoms with Gasteiger partial charge in [0, 0.05) is 28.5 Å². The van der Waals surface area contributed by atoms with E-state index in [1.165, 1.54) is 23.6 Å². The zero-order valence-electron chi connectivity index (χ0n) is 17.9.